The SMILES string of the molecule is COc1ccc2c(c1)SCC2=O. The van der Waals surface area contributed by atoms with Crippen LogP contribution in [0.2, 0.25) is 0 Å². The van der Waals surface area contributed by atoms with Crippen molar-refractivity contribution in [1.82, 2.24) is 0 Å². The molecule has 0 saturated heterocycles. The second-order valence-corrected chi connectivity index (χ2v) is 3.59. The molecule has 0 atom stereocenters. The summed E-state index contributed by atoms with van der Waals surface area (Å²) in [5.74, 6) is 1.61. The number of benzene rings is 1. The summed E-state index contributed by atoms with van der Waals surface area (Å²) < 4.78 is 5.05. The number of thioether (sulfide) groups is 1. The van der Waals surface area contributed by atoms with Crippen LogP contribution in [0.1, 0.15) is 10.4 Å². The van der Waals surface area contributed by atoms with E-state index in [2.05, 4.69) is 0 Å². The van der Waals surface area contributed by atoms with Crippen LogP contribution in [0.5, 0.6) is 5.75 Å². The number of methoxy groups -OCH3 is 1. The fourth-order valence-electron chi connectivity index (χ4n) is 1.20. The smallest absolute Gasteiger partial charge is 0.174 e. The Morgan fingerprint density at radius 1 is 1.50 bits per heavy atom. The summed E-state index contributed by atoms with van der Waals surface area (Å²) in [4.78, 5) is 12.2. The van der Waals surface area contributed by atoms with E-state index < -0.39 is 0 Å². The van der Waals surface area contributed by atoms with Gasteiger partial charge in [0.2, 0.25) is 0 Å². The fourth-order valence-corrected chi connectivity index (χ4v) is 2.18. The number of fused-ring (bicyclic) bond motifs is 1. The van der Waals surface area contributed by atoms with Crippen LogP contribution in [0, 0.1) is 0 Å². The number of Topliss-reactive ketones (excluding diaryl/α,β-unsaturated/α-hetero) is 1. The molecule has 0 saturated carbocycles. The first-order valence-electron chi connectivity index (χ1n) is 3.65. The van der Waals surface area contributed by atoms with E-state index in [-0.39, 0.29) is 5.78 Å². The molecule has 2 nitrogen and oxygen atoms in total. The Kier molecular flexibility index (Phi) is 1.81. The van der Waals surface area contributed by atoms with E-state index in [1.165, 1.54) is 0 Å². The van der Waals surface area contributed by atoms with Crippen molar-refractivity contribution < 1.29 is 9.53 Å². The van der Waals surface area contributed by atoms with Crippen LogP contribution in [0.25, 0.3) is 0 Å². The predicted octanol–water partition coefficient (Wildman–Crippen LogP) is 1.98. The normalized spacial score (nSPS) is 14.6. The summed E-state index contributed by atoms with van der Waals surface area (Å²) in [5.41, 5.74) is 0.834. The molecular weight excluding hydrogens is 172 g/mol. The number of carbonyl (C=O) groups is 1. The van der Waals surface area contributed by atoms with Gasteiger partial charge < -0.3 is 4.74 Å². The van der Waals surface area contributed by atoms with E-state index in [1.54, 1.807) is 18.9 Å². The minimum atomic E-state index is 0.220. The molecule has 1 aromatic rings. The van der Waals surface area contributed by atoms with Crippen LogP contribution in [0.15, 0.2) is 23.1 Å². The molecule has 0 amide bonds. The lowest BCUT2D eigenvalue weighted by Crippen LogP contribution is -1.94. The van der Waals surface area contributed by atoms with Gasteiger partial charge in [0.05, 0.1) is 12.9 Å². The standard InChI is InChI=1S/C9H8O2S/c1-11-6-2-3-7-8(10)5-12-9(7)4-6/h2-4H,5H2,1H3. The van der Waals surface area contributed by atoms with Gasteiger partial charge in [-0.1, -0.05) is 0 Å². The molecule has 1 aliphatic heterocycles. The van der Waals surface area contributed by atoms with E-state index in [1.807, 2.05) is 18.2 Å². The van der Waals surface area contributed by atoms with Gasteiger partial charge in [0.15, 0.2) is 5.78 Å². The minimum absolute atomic E-state index is 0.220. The molecule has 2 rings (SSSR count). The lowest BCUT2D eigenvalue weighted by Gasteiger charge is -2.00. The quantitative estimate of drug-likeness (QED) is 0.661. The molecule has 0 aliphatic carbocycles. The van der Waals surface area contributed by atoms with Crippen LogP contribution in [0.4, 0.5) is 0 Å². The molecule has 0 bridgehead atoms. The van der Waals surface area contributed by atoms with Crippen molar-refractivity contribution in [3.05, 3.63) is 23.8 Å². The van der Waals surface area contributed by atoms with Gasteiger partial charge in [-0.25, -0.2) is 0 Å². The molecule has 0 radical (unpaired) electrons. The van der Waals surface area contributed by atoms with Crippen LogP contribution >= 0.6 is 11.8 Å². The van der Waals surface area contributed by atoms with E-state index >= 15 is 0 Å². The summed E-state index contributed by atoms with van der Waals surface area (Å²) in [6, 6.07) is 5.56. The van der Waals surface area contributed by atoms with Crippen LogP contribution < -0.4 is 4.74 Å². The van der Waals surface area contributed by atoms with E-state index in [4.69, 9.17) is 4.74 Å². The van der Waals surface area contributed by atoms with Crippen molar-refractivity contribution >= 4 is 17.5 Å². The molecule has 1 heterocycles. The number of ketones is 1. The zero-order valence-corrected chi connectivity index (χ0v) is 7.48. The Balaban J connectivity index is 2.48. The van der Waals surface area contributed by atoms with Crippen molar-refractivity contribution in [1.29, 1.82) is 0 Å². The molecule has 0 N–H and O–H groups in total. The maximum Gasteiger partial charge on any atom is 0.174 e. The first-order valence-corrected chi connectivity index (χ1v) is 4.64. The largest absolute Gasteiger partial charge is 0.497 e. The third-order valence-corrected chi connectivity index (χ3v) is 2.90. The molecule has 0 fully saturated rings. The average molecular weight is 180 g/mol. The zero-order chi connectivity index (χ0) is 8.55. The highest BCUT2D eigenvalue weighted by Crippen LogP contribution is 2.33. The van der Waals surface area contributed by atoms with Gasteiger partial charge in [-0.3, -0.25) is 4.79 Å². The van der Waals surface area contributed by atoms with Crippen molar-refractivity contribution in [2.45, 2.75) is 4.90 Å². The molecule has 3 heteroatoms. The Morgan fingerprint density at radius 2 is 2.33 bits per heavy atom. The Bertz CT molecular complexity index is 333. The summed E-state index contributed by atoms with van der Waals surface area (Å²) in [6.45, 7) is 0. The Hall–Kier alpha value is -0.960. The molecule has 0 aromatic heterocycles. The van der Waals surface area contributed by atoms with E-state index in [9.17, 15) is 4.79 Å². The van der Waals surface area contributed by atoms with Crippen molar-refractivity contribution in [3.8, 4) is 5.75 Å². The second kappa shape index (κ2) is 2.83. The average Bonchev–Trinajstić information content (AvgIpc) is 2.47. The van der Waals surface area contributed by atoms with Gasteiger partial charge in [0, 0.05) is 10.5 Å². The van der Waals surface area contributed by atoms with Crippen LogP contribution in [0.3, 0.4) is 0 Å². The zero-order valence-electron chi connectivity index (χ0n) is 6.66. The van der Waals surface area contributed by atoms with Gasteiger partial charge in [-0.2, -0.15) is 0 Å². The molecule has 0 spiro atoms. The Labute approximate surface area is 74.9 Å². The molecular formula is C9H8O2S. The summed E-state index contributed by atoms with van der Waals surface area (Å²) in [6.07, 6.45) is 0. The van der Waals surface area contributed by atoms with Gasteiger partial charge >= 0.3 is 0 Å². The van der Waals surface area contributed by atoms with Gasteiger partial charge in [0.1, 0.15) is 5.75 Å². The van der Waals surface area contributed by atoms with Crippen molar-refractivity contribution in [2.24, 2.45) is 0 Å². The lowest BCUT2D eigenvalue weighted by molar-refractivity contribution is 0.102. The predicted molar refractivity (Wildman–Crippen MR) is 48.0 cm³/mol. The summed E-state index contributed by atoms with van der Waals surface area (Å²) in [5, 5.41) is 0. The number of ether oxygens (including phenoxy) is 1. The molecule has 1 aliphatic rings. The number of rotatable bonds is 1. The number of hydrogen-bond acceptors (Lipinski definition) is 3. The monoisotopic (exact) mass is 180 g/mol. The molecule has 12 heavy (non-hydrogen) atoms. The third kappa shape index (κ3) is 1.10. The van der Waals surface area contributed by atoms with E-state index in [0.717, 1.165) is 16.2 Å². The fraction of sp³-hybridized carbons (Fsp3) is 0.222. The minimum Gasteiger partial charge on any atom is -0.497 e. The van der Waals surface area contributed by atoms with E-state index in [0.29, 0.717) is 5.75 Å². The maximum absolute atomic E-state index is 11.2. The highest BCUT2D eigenvalue weighted by molar-refractivity contribution is 8.00. The topological polar surface area (TPSA) is 26.3 Å². The second-order valence-electron chi connectivity index (χ2n) is 2.57. The molecule has 62 valence electrons. The van der Waals surface area contributed by atoms with Crippen LogP contribution in [-0.4, -0.2) is 18.6 Å². The summed E-state index contributed by atoms with van der Waals surface area (Å²) in [7, 11) is 1.63. The van der Waals surface area contributed by atoms with Gasteiger partial charge in [-0.15, -0.1) is 11.8 Å². The van der Waals surface area contributed by atoms with Gasteiger partial charge in [-0.05, 0) is 18.2 Å². The maximum atomic E-state index is 11.2. The number of hydrogen-bond donors (Lipinski definition) is 0. The van der Waals surface area contributed by atoms with Crippen molar-refractivity contribution in [2.75, 3.05) is 12.9 Å². The van der Waals surface area contributed by atoms with Crippen molar-refractivity contribution in [3.63, 3.8) is 0 Å². The first-order chi connectivity index (χ1) is 5.81. The Morgan fingerprint density at radius 3 is 3.08 bits per heavy atom. The molecule has 0 unspecified atom stereocenters. The highest BCUT2D eigenvalue weighted by atomic mass is 32.2. The van der Waals surface area contributed by atoms with Gasteiger partial charge in [0.25, 0.3) is 0 Å². The lowest BCUT2D eigenvalue weighted by atomic mass is 10.1. The third-order valence-electron chi connectivity index (χ3n) is 1.85. The van der Waals surface area contributed by atoms with Crippen LogP contribution in [-0.2, 0) is 0 Å². The highest BCUT2D eigenvalue weighted by Gasteiger charge is 2.19. The first kappa shape index (κ1) is 7.68. The molecule has 1 aromatic carbocycles. The summed E-state index contributed by atoms with van der Waals surface area (Å²) >= 11 is 1.58. The number of carbonyl (C=O) groups excluding carboxylic acids is 1.